The highest BCUT2D eigenvalue weighted by molar-refractivity contribution is 7.91. The minimum atomic E-state index is -3.57. The van der Waals surface area contributed by atoms with Crippen LogP contribution >= 0.6 is 11.6 Å². The van der Waals surface area contributed by atoms with Crippen molar-refractivity contribution < 1.29 is 13.2 Å². The minimum Gasteiger partial charge on any atom is -0.299 e. The van der Waals surface area contributed by atoms with Crippen molar-refractivity contribution in [1.29, 1.82) is 0 Å². The fraction of sp³-hybridized carbons (Fsp3) is 0.269. The number of Topliss-reactive ketones (excluding diaryl/α,β-unsaturated/α-hetero) is 1. The fourth-order valence-corrected chi connectivity index (χ4v) is 6.50. The third kappa shape index (κ3) is 4.60. The molecule has 0 fully saturated rings. The molecule has 0 saturated heterocycles. The summed E-state index contributed by atoms with van der Waals surface area (Å²) < 4.78 is 26.8. The fourth-order valence-electron chi connectivity index (χ4n) is 4.33. The van der Waals surface area contributed by atoms with Gasteiger partial charge in [0.05, 0.1) is 10.1 Å². The molecule has 0 bridgehead atoms. The first-order chi connectivity index (χ1) is 14.9. The number of rotatable bonds is 6. The van der Waals surface area contributed by atoms with E-state index in [4.69, 9.17) is 11.6 Å². The van der Waals surface area contributed by atoms with Gasteiger partial charge in [0.25, 0.3) is 0 Å². The van der Waals surface area contributed by atoms with E-state index in [2.05, 4.69) is 0 Å². The second-order valence-electron chi connectivity index (χ2n) is 8.19. The Labute approximate surface area is 189 Å². The maximum atomic E-state index is 13.4. The molecule has 0 aromatic heterocycles. The van der Waals surface area contributed by atoms with E-state index in [1.54, 1.807) is 18.2 Å². The van der Waals surface area contributed by atoms with Gasteiger partial charge in [0.2, 0.25) is 0 Å². The van der Waals surface area contributed by atoms with Gasteiger partial charge in [-0.15, -0.1) is 0 Å². The summed E-state index contributed by atoms with van der Waals surface area (Å²) in [7, 11) is -3.57. The van der Waals surface area contributed by atoms with Gasteiger partial charge in [-0.05, 0) is 59.7 Å². The van der Waals surface area contributed by atoms with Crippen molar-refractivity contribution in [3.63, 3.8) is 0 Å². The number of carbonyl (C=O) groups excluding carboxylic acids is 1. The van der Waals surface area contributed by atoms with Gasteiger partial charge in [0.1, 0.15) is 5.78 Å². The predicted octanol–water partition coefficient (Wildman–Crippen LogP) is 6.11. The molecule has 0 saturated carbocycles. The summed E-state index contributed by atoms with van der Waals surface area (Å²) in [6.07, 6.45) is 2.53. The first kappa shape index (κ1) is 21.8. The molecule has 0 heterocycles. The first-order valence-electron chi connectivity index (χ1n) is 10.5. The molecule has 160 valence electrons. The summed E-state index contributed by atoms with van der Waals surface area (Å²) in [5.41, 5.74) is 3.73. The summed E-state index contributed by atoms with van der Waals surface area (Å²) in [6.45, 7) is 1.92. The molecule has 0 spiro atoms. The highest BCUT2D eigenvalue weighted by Crippen LogP contribution is 2.40. The zero-order valence-electron chi connectivity index (χ0n) is 17.4. The van der Waals surface area contributed by atoms with E-state index in [0.29, 0.717) is 11.4 Å². The van der Waals surface area contributed by atoms with Gasteiger partial charge in [-0.1, -0.05) is 73.1 Å². The lowest BCUT2D eigenvalue weighted by atomic mass is 9.87. The summed E-state index contributed by atoms with van der Waals surface area (Å²) in [5.74, 6) is -0.0839. The topological polar surface area (TPSA) is 51.2 Å². The van der Waals surface area contributed by atoms with Crippen molar-refractivity contribution in [2.24, 2.45) is 0 Å². The van der Waals surface area contributed by atoms with Gasteiger partial charge in [-0.2, -0.15) is 0 Å². The maximum Gasteiger partial charge on any atom is 0.185 e. The second-order valence-corrected chi connectivity index (χ2v) is 10.8. The van der Waals surface area contributed by atoms with E-state index >= 15 is 0 Å². The normalized spacial score (nSPS) is 17.0. The molecule has 0 aliphatic heterocycles. The number of hydrogen-bond donors (Lipinski definition) is 0. The average Bonchev–Trinajstić information content (AvgIpc) is 2.78. The highest BCUT2D eigenvalue weighted by atomic mass is 35.5. The molecule has 31 heavy (non-hydrogen) atoms. The van der Waals surface area contributed by atoms with Crippen LogP contribution in [0.5, 0.6) is 0 Å². The standard InChI is InChI=1S/C26H25ClO3S/c1-18(20-7-3-2-4-8-20)25(28)16-19-13-14-21-9-5-12-26(24(21)15-19)31(29,30)23-11-6-10-22(27)17-23/h2-4,6-8,10-11,13-15,17-18,26H,5,9,12,16H2,1H3/t18-,26?/m0/s1. The van der Waals surface area contributed by atoms with Gasteiger partial charge in [-0.25, -0.2) is 8.42 Å². The predicted molar refractivity (Wildman–Crippen MR) is 124 cm³/mol. The Hall–Kier alpha value is -2.43. The van der Waals surface area contributed by atoms with Crippen molar-refractivity contribution in [3.05, 3.63) is 100 Å². The van der Waals surface area contributed by atoms with Crippen LogP contribution in [-0.2, 0) is 27.5 Å². The number of sulfone groups is 1. The van der Waals surface area contributed by atoms with Crippen LogP contribution in [0, 0.1) is 0 Å². The molecular weight excluding hydrogens is 428 g/mol. The van der Waals surface area contributed by atoms with Crippen molar-refractivity contribution >= 4 is 27.2 Å². The number of aryl methyl sites for hydroxylation is 1. The number of hydrogen-bond acceptors (Lipinski definition) is 3. The lowest BCUT2D eigenvalue weighted by Crippen LogP contribution is -2.20. The molecule has 3 aromatic carbocycles. The Morgan fingerprint density at radius 3 is 2.55 bits per heavy atom. The van der Waals surface area contributed by atoms with E-state index < -0.39 is 15.1 Å². The second kappa shape index (κ2) is 8.97. The SMILES string of the molecule is C[C@H](C(=O)Cc1ccc2c(c1)C(S(=O)(=O)c1cccc(Cl)c1)CCC2)c1ccccc1. The number of fused-ring (bicyclic) bond motifs is 1. The largest absolute Gasteiger partial charge is 0.299 e. The molecule has 3 aromatic rings. The molecule has 1 unspecified atom stereocenters. The molecule has 0 amide bonds. The number of benzene rings is 3. The van der Waals surface area contributed by atoms with E-state index in [0.717, 1.165) is 35.1 Å². The number of ketones is 1. The zero-order valence-corrected chi connectivity index (χ0v) is 19.0. The summed E-state index contributed by atoms with van der Waals surface area (Å²) in [4.78, 5) is 13.1. The molecule has 0 N–H and O–H groups in total. The molecule has 5 heteroatoms. The van der Waals surface area contributed by atoms with E-state index in [1.165, 1.54) is 6.07 Å². The highest BCUT2D eigenvalue weighted by Gasteiger charge is 2.33. The molecule has 1 aliphatic rings. The molecular formula is C26H25ClO3S. The monoisotopic (exact) mass is 452 g/mol. The lowest BCUT2D eigenvalue weighted by molar-refractivity contribution is -0.119. The van der Waals surface area contributed by atoms with Crippen LogP contribution < -0.4 is 0 Å². The van der Waals surface area contributed by atoms with Crippen LogP contribution in [0.25, 0.3) is 0 Å². The van der Waals surface area contributed by atoms with Crippen LogP contribution in [0.15, 0.2) is 77.7 Å². The van der Waals surface area contributed by atoms with Gasteiger partial charge < -0.3 is 0 Å². The minimum absolute atomic E-state index is 0.121. The summed E-state index contributed by atoms with van der Waals surface area (Å²) >= 11 is 6.05. The number of carbonyl (C=O) groups is 1. The third-order valence-corrected chi connectivity index (χ3v) is 8.51. The van der Waals surface area contributed by atoms with Gasteiger partial charge in [0.15, 0.2) is 9.84 Å². The maximum absolute atomic E-state index is 13.4. The Bertz CT molecular complexity index is 1200. The molecule has 3 nitrogen and oxygen atoms in total. The quantitative estimate of drug-likeness (QED) is 0.453. The van der Waals surface area contributed by atoms with Crippen LogP contribution in [-0.4, -0.2) is 14.2 Å². The van der Waals surface area contributed by atoms with Crippen LogP contribution in [0.2, 0.25) is 5.02 Å². The number of halogens is 1. The molecule has 4 rings (SSSR count). The van der Waals surface area contributed by atoms with Crippen molar-refractivity contribution in [2.75, 3.05) is 0 Å². The van der Waals surface area contributed by atoms with Crippen molar-refractivity contribution in [3.8, 4) is 0 Å². The van der Waals surface area contributed by atoms with Gasteiger partial charge >= 0.3 is 0 Å². The Morgan fingerprint density at radius 2 is 1.81 bits per heavy atom. The van der Waals surface area contributed by atoms with E-state index in [-0.39, 0.29) is 23.0 Å². The molecule has 1 aliphatic carbocycles. The van der Waals surface area contributed by atoms with Gasteiger partial charge in [0, 0.05) is 17.4 Å². The molecule has 2 atom stereocenters. The van der Waals surface area contributed by atoms with Crippen molar-refractivity contribution in [1.82, 2.24) is 0 Å². The summed E-state index contributed by atoms with van der Waals surface area (Å²) in [6, 6.07) is 22.1. The lowest BCUT2D eigenvalue weighted by Gasteiger charge is -2.26. The average molecular weight is 453 g/mol. The van der Waals surface area contributed by atoms with E-state index in [1.807, 2.05) is 55.5 Å². The van der Waals surface area contributed by atoms with Crippen LogP contribution in [0.1, 0.15) is 53.2 Å². The summed E-state index contributed by atoms with van der Waals surface area (Å²) in [5, 5.41) is -0.206. The Kier molecular flexibility index (Phi) is 6.31. The van der Waals surface area contributed by atoms with Crippen LogP contribution in [0.4, 0.5) is 0 Å². The van der Waals surface area contributed by atoms with Crippen LogP contribution in [0.3, 0.4) is 0 Å². The first-order valence-corrected chi connectivity index (χ1v) is 12.5. The third-order valence-electron chi connectivity index (χ3n) is 6.13. The zero-order chi connectivity index (χ0) is 22.0. The van der Waals surface area contributed by atoms with Gasteiger partial charge in [-0.3, -0.25) is 4.79 Å². The molecule has 0 radical (unpaired) electrons. The Balaban J connectivity index is 1.63. The Morgan fingerprint density at radius 1 is 1.03 bits per heavy atom. The van der Waals surface area contributed by atoms with E-state index in [9.17, 15) is 13.2 Å². The smallest absolute Gasteiger partial charge is 0.185 e. The van der Waals surface area contributed by atoms with Crippen molar-refractivity contribution in [2.45, 2.75) is 48.7 Å².